The molecule has 3 heterocycles. The average Bonchev–Trinajstić information content (AvgIpc) is 2.83. The number of rotatable bonds is 2. The molecule has 2 aromatic heterocycles. The summed E-state index contributed by atoms with van der Waals surface area (Å²) >= 11 is 0. The minimum absolute atomic E-state index is 0.194. The van der Waals surface area contributed by atoms with Crippen LogP contribution in [-0.2, 0) is 5.41 Å². The molecule has 1 fully saturated rings. The van der Waals surface area contributed by atoms with Crippen LogP contribution < -0.4 is 5.32 Å². The van der Waals surface area contributed by atoms with E-state index in [1.807, 2.05) is 0 Å². The second-order valence-corrected chi connectivity index (χ2v) is 5.34. The highest BCUT2D eigenvalue weighted by atomic mass is 15.3. The summed E-state index contributed by atoms with van der Waals surface area (Å²) < 4.78 is 2.17. The van der Waals surface area contributed by atoms with Gasteiger partial charge in [-0.25, -0.2) is 0 Å². The van der Waals surface area contributed by atoms with E-state index in [4.69, 9.17) is 0 Å². The molecule has 3 rings (SSSR count). The van der Waals surface area contributed by atoms with Gasteiger partial charge in [-0.2, -0.15) is 0 Å². The van der Waals surface area contributed by atoms with E-state index in [0.29, 0.717) is 0 Å². The number of hydrogen-bond acceptors (Lipinski definition) is 3. The van der Waals surface area contributed by atoms with E-state index in [-0.39, 0.29) is 5.41 Å². The molecule has 4 nitrogen and oxygen atoms in total. The maximum absolute atomic E-state index is 4.49. The minimum atomic E-state index is 0.194. The van der Waals surface area contributed by atoms with Crippen LogP contribution in [0.1, 0.15) is 37.6 Å². The molecule has 0 bridgehead atoms. The highest BCUT2D eigenvalue weighted by molar-refractivity contribution is 5.42. The second-order valence-electron chi connectivity index (χ2n) is 5.34. The standard InChI is InChI=1S/C14H20N4/c1-3-14(5-7-15-8-6-14)13-17-16-12-10-11(2)4-9-18(12)13/h4,9-10,15H,3,5-8H2,1-2H3. The Kier molecular flexibility index (Phi) is 2.82. The molecule has 0 amide bonds. The minimum Gasteiger partial charge on any atom is -0.317 e. The third-order valence-corrected chi connectivity index (χ3v) is 4.28. The lowest BCUT2D eigenvalue weighted by Crippen LogP contribution is -2.40. The monoisotopic (exact) mass is 244 g/mol. The molecule has 1 aliphatic rings. The Morgan fingerprint density at radius 2 is 2.11 bits per heavy atom. The summed E-state index contributed by atoms with van der Waals surface area (Å²) in [6, 6.07) is 4.23. The average molecular weight is 244 g/mol. The number of fused-ring (bicyclic) bond motifs is 1. The molecule has 18 heavy (non-hydrogen) atoms. The Hall–Kier alpha value is -1.42. The predicted octanol–water partition coefficient (Wildman–Crippen LogP) is 2.07. The molecule has 96 valence electrons. The van der Waals surface area contributed by atoms with Gasteiger partial charge in [0, 0.05) is 11.6 Å². The fourth-order valence-corrected chi connectivity index (χ4v) is 2.99. The SMILES string of the molecule is CCC1(c2nnc3cc(C)ccn23)CCNCC1. The molecule has 0 radical (unpaired) electrons. The summed E-state index contributed by atoms with van der Waals surface area (Å²) in [5.74, 6) is 1.14. The molecule has 4 heteroatoms. The first-order valence-corrected chi connectivity index (χ1v) is 6.78. The van der Waals surface area contributed by atoms with Crippen LogP contribution in [0.5, 0.6) is 0 Å². The predicted molar refractivity (Wildman–Crippen MR) is 71.8 cm³/mol. The van der Waals surface area contributed by atoms with Crippen molar-refractivity contribution in [2.45, 2.75) is 38.5 Å². The number of piperidine rings is 1. The maximum Gasteiger partial charge on any atom is 0.161 e. The molecule has 2 aromatic rings. The van der Waals surface area contributed by atoms with Gasteiger partial charge in [-0.15, -0.1) is 10.2 Å². The van der Waals surface area contributed by atoms with Gasteiger partial charge in [0.2, 0.25) is 0 Å². The van der Waals surface area contributed by atoms with E-state index in [2.05, 4.69) is 52.1 Å². The summed E-state index contributed by atoms with van der Waals surface area (Å²) in [7, 11) is 0. The van der Waals surface area contributed by atoms with E-state index in [1.165, 1.54) is 5.56 Å². The molecule has 0 spiro atoms. The van der Waals surface area contributed by atoms with E-state index in [1.54, 1.807) is 0 Å². The first-order chi connectivity index (χ1) is 8.75. The van der Waals surface area contributed by atoms with Gasteiger partial charge in [-0.3, -0.25) is 4.40 Å². The van der Waals surface area contributed by atoms with Crippen molar-refractivity contribution >= 4 is 5.65 Å². The van der Waals surface area contributed by atoms with Crippen LogP contribution >= 0.6 is 0 Å². The van der Waals surface area contributed by atoms with Crippen LogP contribution in [0, 0.1) is 6.92 Å². The Morgan fingerprint density at radius 1 is 1.33 bits per heavy atom. The maximum atomic E-state index is 4.49. The van der Waals surface area contributed by atoms with Crippen molar-refractivity contribution in [3.05, 3.63) is 29.7 Å². The Balaban J connectivity index is 2.12. The summed E-state index contributed by atoms with van der Waals surface area (Å²) in [4.78, 5) is 0. The molecular formula is C14H20N4. The van der Waals surface area contributed by atoms with Crippen LogP contribution in [0.15, 0.2) is 18.3 Å². The van der Waals surface area contributed by atoms with Gasteiger partial charge in [-0.1, -0.05) is 6.92 Å². The van der Waals surface area contributed by atoms with Crippen molar-refractivity contribution < 1.29 is 0 Å². The Morgan fingerprint density at radius 3 is 2.83 bits per heavy atom. The number of aromatic nitrogens is 3. The zero-order valence-corrected chi connectivity index (χ0v) is 11.1. The van der Waals surface area contributed by atoms with Gasteiger partial charge in [-0.05, 0) is 57.0 Å². The van der Waals surface area contributed by atoms with Crippen molar-refractivity contribution in [1.82, 2.24) is 19.9 Å². The zero-order valence-electron chi connectivity index (χ0n) is 11.1. The molecule has 1 saturated heterocycles. The third-order valence-electron chi connectivity index (χ3n) is 4.28. The van der Waals surface area contributed by atoms with Crippen molar-refractivity contribution in [3.8, 4) is 0 Å². The van der Waals surface area contributed by atoms with Crippen LogP contribution in [0.2, 0.25) is 0 Å². The fourth-order valence-electron chi connectivity index (χ4n) is 2.99. The van der Waals surface area contributed by atoms with Crippen LogP contribution in [0.3, 0.4) is 0 Å². The normalized spacial score (nSPS) is 19.2. The first-order valence-electron chi connectivity index (χ1n) is 6.78. The molecule has 0 unspecified atom stereocenters. The zero-order chi connectivity index (χ0) is 12.6. The van der Waals surface area contributed by atoms with E-state index < -0.39 is 0 Å². The van der Waals surface area contributed by atoms with Gasteiger partial charge >= 0.3 is 0 Å². The van der Waals surface area contributed by atoms with Crippen molar-refractivity contribution in [2.75, 3.05) is 13.1 Å². The Labute approximate surface area is 107 Å². The molecule has 1 aliphatic heterocycles. The van der Waals surface area contributed by atoms with Crippen molar-refractivity contribution in [3.63, 3.8) is 0 Å². The Bertz CT molecular complexity index is 552. The number of hydrogen-bond donors (Lipinski definition) is 1. The lowest BCUT2D eigenvalue weighted by atomic mass is 9.76. The number of nitrogens with zero attached hydrogens (tertiary/aromatic N) is 3. The van der Waals surface area contributed by atoms with E-state index >= 15 is 0 Å². The van der Waals surface area contributed by atoms with Gasteiger partial charge < -0.3 is 5.32 Å². The van der Waals surface area contributed by atoms with Crippen molar-refractivity contribution in [2.24, 2.45) is 0 Å². The summed E-state index contributed by atoms with van der Waals surface area (Å²) in [5.41, 5.74) is 2.40. The summed E-state index contributed by atoms with van der Waals surface area (Å²) in [5, 5.41) is 12.3. The number of pyridine rings is 1. The quantitative estimate of drug-likeness (QED) is 0.879. The van der Waals surface area contributed by atoms with E-state index in [0.717, 1.165) is 43.8 Å². The molecule has 1 N–H and O–H groups in total. The highest BCUT2D eigenvalue weighted by Crippen LogP contribution is 2.35. The third kappa shape index (κ3) is 1.72. The number of nitrogens with one attached hydrogen (secondary N) is 1. The van der Waals surface area contributed by atoms with Crippen LogP contribution in [0.25, 0.3) is 5.65 Å². The van der Waals surface area contributed by atoms with Crippen molar-refractivity contribution in [1.29, 1.82) is 0 Å². The van der Waals surface area contributed by atoms with Crippen LogP contribution in [-0.4, -0.2) is 27.7 Å². The molecule has 0 aliphatic carbocycles. The smallest absolute Gasteiger partial charge is 0.161 e. The summed E-state index contributed by atoms with van der Waals surface area (Å²) in [6.45, 7) is 6.51. The topological polar surface area (TPSA) is 42.2 Å². The summed E-state index contributed by atoms with van der Waals surface area (Å²) in [6.07, 6.45) is 5.54. The lowest BCUT2D eigenvalue weighted by Gasteiger charge is -2.35. The molecule has 0 atom stereocenters. The van der Waals surface area contributed by atoms with E-state index in [9.17, 15) is 0 Å². The second kappa shape index (κ2) is 4.35. The van der Waals surface area contributed by atoms with Gasteiger partial charge in [0.05, 0.1) is 0 Å². The first kappa shape index (κ1) is 11.7. The van der Waals surface area contributed by atoms with Gasteiger partial charge in [0.25, 0.3) is 0 Å². The van der Waals surface area contributed by atoms with Gasteiger partial charge in [0.15, 0.2) is 5.65 Å². The lowest BCUT2D eigenvalue weighted by molar-refractivity contribution is 0.280. The fraction of sp³-hybridized carbons (Fsp3) is 0.571. The molecule has 0 aromatic carbocycles. The van der Waals surface area contributed by atoms with Gasteiger partial charge in [0.1, 0.15) is 5.82 Å². The molecule has 0 saturated carbocycles. The largest absolute Gasteiger partial charge is 0.317 e. The molecular weight excluding hydrogens is 224 g/mol. The number of aryl methyl sites for hydroxylation is 1. The van der Waals surface area contributed by atoms with Crippen LogP contribution in [0.4, 0.5) is 0 Å². The highest BCUT2D eigenvalue weighted by Gasteiger charge is 2.36.